The number of halogens is 1. The van der Waals surface area contributed by atoms with Crippen molar-refractivity contribution in [2.75, 3.05) is 11.9 Å². The maximum atomic E-state index is 12.3. The highest BCUT2D eigenvalue weighted by molar-refractivity contribution is 14.1. The van der Waals surface area contributed by atoms with E-state index in [2.05, 4.69) is 38.1 Å². The molecule has 0 bridgehead atoms. The summed E-state index contributed by atoms with van der Waals surface area (Å²) in [6, 6.07) is 23.5. The van der Waals surface area contributed by atoms with Crippen molar-refractivity contribution in [1.29, 1.82) is 0 Å². The standard InChI is InChI=1S/C23H18IN3O2/c1-15-10-12-16(13-11-15)22-17-6-2-3-7-18(17)23(27-26-22)29-14-21(28)25-20-9-5-4-8-19(20)24/h2-13H,14H2,1H3,(H,25,28). The van der Waals surface area contributed by atoms with Gasteiger partial charge in [0.1, 0.15) is 5.69 Å². The molecular weight excluding hydrogens is 477 g/mol. The zero-order valence-electron chi connectivity index (χ0n) is 15.7. The fraction of sp³-hybridized carbons (Fsp3) is 0.0870. The first-order valence-corrected chi connectivity index (χ1v) is 10.2. The predicted octanol–water partition coefficient (Wildman–Crippen LogP) is 5.23. The van der Waals surface area contributed by atoms with Crippen molar-refractivity contribution in [3.8, 4) is 17.1 Å². The molecule has 6 heteroatoms. The van der Waals surface area contributed by atoms with Crippen LogP contribution in [0.5, 0.6) is 5.88 Å². The molecule has 5 nitrogen and oxygen atoms in total. The van der Waals surface area contributed by atoms with Crippen LogP contribution in [0.3, 0.4) is 0 Å². The first-order chi connectivity index (χ1) is 14.1. The summed E-state index contributed by atoms with van der Waals surface area (Å²) in [5.41, 5.74) is 3.72. The summed E-state index contributed by atoms with van der Waals surface area (Å²) < 4.78 is 6.68. The van der Waals surface area contributed by atoms with Gasteiger partial charge in [0, 0.05) is 19.9 Å². The monoisotopic (exact) mass is 495 g/mol. The Kier molecular flexibility index (Phi) is 5.71. The van der Waals surface area contributed by atoms with Crippen molar-refractivity contribution in [3.63, 3.8) is 0 Å². The second kappa shape index (κ2) is 8.57. The maximum Gasteiger partial charge on any atom is 0.262 e. The number of rotatable bonds is 5. The van der Waals surface area contributed by atoms with Gasteiger partial charge in [-0.3, -0.25) is 4.79 Å². The molecule has 1 heterocycles. The maximum absolute atomic E-state index is 12.3. The van der Waals surface area contributed by atoms with E-state index in [1.165, 1.54) is 5.56 Å². The Balaban J connectivity index is 1.57. The number of aromatic nitrogens is 2. The minimum absolute atomic E-state index is 0.145. The highest BCUT2D eigenvalue weighted by atomic mass is 127. The Hall–Kier alpha value is -3.00. The van der Waals surface area contributed by atoms with E-state index < -0.39 is 0 Å². The van der Waals surface area contributed by atoms with Crippen LogP contribution in [0.15, 0.2) is 72.8 Å². The Morgan fingerprint density at radius 3 is 2.38 bits per heavy atom. The normalized spacial score (nSPS) is 10.7. The van der Waals surface area contributed by atoms with E-state index in [-0.39, 0.29) is 12.5 Å². The number of fused-ring (bicyclic) bond motifs is 1. The number of benzene rings is 3. The van der Waals surface area contributed by atoms with Crippen molar-refractivity contribution in [1.82, 2.24) is 10.2 Å². The lowest BCUT2D eigenvalue weighted by Gasteiger charge is -2.11. The molecule has 29 heavy (non-hydrogen) atoms. The minimum Gasteiger partial charge on any atom is -0.466 e. The van der Waals surface area contributed by atoms with Crippen molar-refractivity contribution in [3.05, 3.63) is 81.9 Å². The number of carbonyl (C=O) groups excluding carboxylic acids is 1. The summed E-state index contributed by atoms with van der Waals surface area (Å²) in [6.07, 6.45) is 0. The van der Waals surface area contributed by atoms with Gasteiger partial charge in [-0.05, 0) is 47.7 Å². The first-order valence-electron chi connectivity index (χ1n) is 9.11. The lowest BCUT2D eigenvalue weighted by molar-refractivity contribution is -0.118. The molecule has 0 aliphatic rings. The fourth-order valence-electron chi connectivity index (χ4n) is 2.99. The van der Waals surface area contributed by atoms with Gasteiger partial charge in [0.25, 0.3) is 5.91 Å². The Morgan fingerprint density at radius 1 is 0.931 bits per heavy atom. The van der Waals surface area contributed by atoms with E-state index in [4.69, 9.17) is 4.74 Å². The highest BCUT2D eigenvalue weighted by Gasteiger charge is 2.13. The molecule has 3 aromatic carbocycles. The van der Waals surface area contributed by atoms with Gasteiger partial charge >= 0.3 is 0 Å². The number of amides is 1. The largest absolute Gasteiger partial charge is 0.466 e. The fourth-order valence-corrected chi connectivity index (χ4v) is 3.52. The van der Waals surface area contributed by atoms with Crippen LogP contribution in [0.2, 0.25) is 0 Å². The van der Waals surface area contributed by atoms with Gasteiger partial charge in [0.15, 0.2) is 6.61 Å². The van der Waals surface area contributed by atoms with Crippen LogP contribution >= 0.6 is 22.6 Å². The number of hydrogen-bond acceptors (Lipinski definition) is 4. The van der Waals surface area contributed by atoms with Crippen LogP contribution in [-0.2, 0) is 4.79 Å². The van der Waals surface area contributed by atoms with Crippen LogP contribution in [0, 0.1) is 10.5 Å². The average molecular weight is 495 g/mol. The van der Waals surface area contributed by atoms with Gasteiger partial charge in [-0.25, -0.2) is 0 Å². The molecule has 0 aliphatic carbocycles. The molecule has 0 spiro atoms. The topological polar surface area (TPSA) is 64.1 Å². The van der Waals surface area contributed by atoms with Gasteiger partial charge < -0.3 is 10.1 Å². The van der Waals surface area contributed by atoms with Crippen molar-refractivity contribution in [2.45, 2.75) is 6.92 Å². The third-order valence-electron chi connectivity index (χ3n) is 4.47. The van der Waals surface area contributed by atoms with E-state index in [0.717, 1.165) is 31.3 Å². The summed E-state index contributed by atoms with van der Waals surface area (Å²) in [5, 5.41) is 13.2. The van der Waals surface area contributed by atoms with Crippen molar-refractivity contribution < 1.29 is 9.53 Å². The second-order valence-corrected chi connectivity index (χ2v) is 7.74. The summed E-state index contributed by atoms with van der Waals surface area (Å²) in [7, 11) is 0. The van der Waals surface area contributed by atoms with Crippen molar-refractivity contribution in [2.24, 2.45) is 0 Å². The van der Waals surface area contributed by atoms with Gasteiger partial charge in [-0.2, -0.15) is 0 Å². The molecule has 4 aromatic rings. The van der Waals surface area contributed by atoms with E-state index in [1.54, 1.807) is 0 Å². The van der Waals surface area contributed by atoms with Crippen LogP contribution in [0.25, 0.3) is 22.0 Å². The number of carbonyl (C=O) groups is 1. The first kappa shape index (κ1) is 19.3. The molecule has 0 fully saturated rings. The smallest absolute Gasteiger partial charge is 0.262 e. The van der Waals surface area contributed by atoms with Gasteiger partial charge in [-0.15, -0.1) is 10.2 Å². The van der Waals surface area contributed by atoms with E-state index in [1.807, 2.05) is 79.7 Å². The molecule has 0 radical (unpaired) electrons. The molecule has 1 aromatic heterocycles. The molecule has 0 saturated carbocycles. The van der Waals surface area contributed by atoms with Crippen LogP contribution in [-0.4, -0.2) is 22.7 Å². The lowest BCUT2D eigenvalue weighted by atomic mass is 10.0. The Bertz CT molecular complexity index is 1180. The zero-order chi connectivity index (χ0) is 20.2. The molecule has 1 amide bonds. The van der Waals surface area contributed by atoms with E-state index in [9.17, 15) is 4.79 Å². The molecular formula is C23H18IN3O2. The zero-order valence-corrected chi connectivity index (χ0v) is 17.9. The molecule has 0 atom stereocenters. The summed E-state index contributed by atoms with van der Waals surface area (Å²) in [4.78, 5) is 12.3. The van der Waals surface area contributed by atoms with E-state index >= 15 is 0 Å². The van der Waals surface area contributed by atoms with Gasteiger partial charge in [0.05, 0.1) is 5.69 Å². The Labute approximate surface area is 182 Å². The summed E-state index contributed by atoms with van der Waals surface area (Å²) in [5.74, 6) is 0.0944. The van der Waals surface area contributed by atoms with Crippen molar-refractivity contribution >= 4 is 45.0 Å². The number of para-hydroxylation sites is 1. The van der Waals surface area contributed by atoms with Crippen LogP contribution < -0.4 is 10.1 Å². The highest BCUT2D eigenvalue weighted by Crippen LogP contribution is 2.30. The lowest BCUT2D eigenvalue weighted by Crippen LogP contribution is -2.21. The molecule has 144 valence electrons. The van der Waals surface area contributed by atoms with Gasteiger partial charge in [0.2, 0.25) is 5.88 Å². The number of hydrogen-bond donors (Lipinski definition) is 1. The third kappa shape index (κ3) is 4.37. The van der Waals surface area contributed by atoms with Crippen LogP contribution in [0.1, 0.15) is 5.56 Å². The Morgan fingerprint density at radius 2 is 1.62 bits per heavy atom. The van der Waals surface area contributed by atoms with E-state index in [0.29, 0.717) is 5.88 Å². The minimum atomic E-state index is -0.248. The third-order valence-corrected chi connectivity index (χ3v) is 5.41. The van der Waals surface area contributed by atoms with Crippen LogP contribution in [0.4, 0.5) is 5.69 Å². The summed E-state index contributed by atoms with van der Waals surface area (Å²) in [6.45, 7) is 1.90. The number of nitrogens with zero attached hydrogens (tertiary/aromatic N) is 2. The molecule has 1 N–H and O–H groups in total. The average Bonchev–Trinajstić information content (AvgIpc) is 2.74. The SMILES string of the molecule is Cc1ccc(-c2nnc(OCC(=O)Nc3ccccc3I)c3ccccc23)cc1. The molecule has 0 saturated heterocycles. The summed E-state index contributed by atoms with van der Waals surface area (Å²) >= 11 is 2.18. The molecule has 0 unspecified atom stereocenters. The number of aryl methyl sites for hydroxylation is 1. The predicted molar refractivity (Wildman–Crippen MR) is 123 cm³/mol. The number of anilines is 1. The number of ether oxygens (including phenoxy) is 1. The molecule has 4 rings (SSSR count). The number of nitrogens with one attached hydrogen (secondary N) is 1. The van der Waals surface area contributed by atoms with Gasteiger partial charge in [-0.1, -0.05) is 60.2 Å². The molecule has 0 aliphatic heterocycles. The second-order valence-electron chi connectivity index (χ2n) is 6.58. The quantitative estimate of drug-likeness (QED) is 0.386.